The molecular weight excluding hydrogens is 281 g/mol. The predicted molar refractivity (Wildman–Crippen MR) is 76.3 cm³/mol. The first-order valence-corrected chi connectivity index (χ1v) is 6.77. The smallest absolute Gasteiger partial charge is 0.147 e. The molecule has 20 heavy (non-hydrogen) atoms. The molecule has 4 nitrogen and oxygen atoms in total. The highest BCUT2D eigenvalue weighted by Crippen LogP contribution is 2.18. The highest BCUT2D eigenvalue weighted by atomic mass is 35.5. The number of imidazole rings is 1. The van der Waals surface area contributed by atoms with Gasteiger partial charge in [-0.25, -0.2) is 9.37 Å². The number of nitrogens with one attached hydrogen (secondary N) is 1. The number of ether oxygens (including phenoxy) is 1. The van der Waals surface area contributed by atoms with Gasteiger partial charge < -0.3 is 14.6 Å². The number of halogens is 2. The van der Waals surface area contributed by atoms with Crippen LogP contribution >= 0.6 is 11.6 Å². The summed E-state index contributed by atoms with van der Waals surface area (Å²) in [4.78, 5) is 4.12. The Bertz CT molecular complexity index is 586. The number of hydrogen-bond donors (Lipinski definition) is 1. The molecule has 0 aliphatic heterocycles. The molecular formula is C14H17ClFN3O. The van der Waals surface area contributed by atoms with Crippen molar-refractivity contribution in [1.29, 1.82) is 0 Å². The maximum absolute atomic E-state index is 13.5. The number of rotatable bonds is 6. The second-order valence-corrected chi connectivity index (χ2v) is 4.81. The van der Waals surface area contributed by atoms with Crippen molar-refractivity contribution in [2.45, 2.75) is 20.1 Å². The van der Waals surface area contributed by atoms with Gasteiger partial charge in [-0.15, -0.1) is 0 Å². The topological polar surface area (TPSA) is 39.1 Å². The molecule has 2 rings (SSSR count). The summed E-state index contributed by atoms with van der Waals surface area (Å²) in [5, 5.41) is 3.69. The Morgan fingerprint density at radius 1 is 1.40 bits per heavy atom. The third-order valence-electron chi connectivity index (χ3n) is 2.91. The highest BCUT2D eigenvalue weighted by molar-refractivity contribution is 6.29. The third-order valence-corrected chi connectivity index (χ3v) is 3.26. The fourth-order valence-electron chi connectivity index (χ4n) is 1.78. The molecule has 0 aliphatic rings. The molecule has 0 spiro atoms. The van der Waals surface area contributed by atoms with Crippen molar-refractivity contribution in [3.8, 4) is 5.75 Å². The van der Waals surface area contributed by atoms with Crippen molar-refractivity contribution in [2.24, 2.45) is 7.05 Å². The van der Waals surface area contributed by atoms with E-state index in [1.165, 1.54) is 12.1 Å². The first-order valence-electron chi connectivity index (χ1n) is 6.39. The first kappa shape index (κ1) is 14.8. The van der Waals surface area contributed by atoms with E-state index in [9.17, 15) is 4.39 Å². The van der Waals surface area contributed by atoms with Gasteiger partial charge in [-0.2, -0.15) is 0 Å². The molecule has 0 bridgehead atoms. The molecule has 1 heterocycles. The lowest BCUT2D eigenvalue weighted by Crippen LogP contribution is -2.12. The lowest BCUT2D eigenvalue weighted by atomic mass is 10.2. The van der Waals surface area contributed by atoms with Crippen LogP contribution in [0, 0.1) is 5.82 Å². The van der Waals surface area contributed by atoms with Crippen LogP contribution in [0.5, 0.6) is 5.75 Å². The fourth-order valence-corrected chi connectivity index (χ4v) is 1.93. The summed E-state index contributed by atoms with van der Waals surface area (Å²) in [6.07, 6.45) is 1.56. The van der Waals surface area contributed by atoms with Crippen LogP contribution in [-0.2, 0) is 20.2 Å². The average molecular weight is 298 g/mol. The Kier molecular flexibility index (Phi) is 4.98. The van der Waals surface area contributed by atoms with Gasteiger partial charge in [0.1, 0.15) is 29.2 Å². The molecule has 0 amide bonds. The standard InChI is InChI=1S/C14H17ClFN3O/c1-3-17-7-10-4-11(16)6-12(5-10)20-9-14-18-8-13(15)19(14)2/h4-6,8,17H,3,7,9H2,1-2H3. The van der Waals surface area contributed by atoms with Crippen LogP contribution in [0.15, 0.2) is 24.4 Å². The van der Waals surface area contributed by atoms with Crippen molar-refractivity contribution in [3.05, 3.63) is 46.8 Å². The van der Waals surface area contributed by atoms with Gasteiger partial charge in [0.05, 0.1) is 6.20 Å². The molecule has 1 aromatic carbocycles. The number of hydrogen-bond acceptors (Lipinski definition) is 3. The molecule has 6 heteroatoms. The second-order valence-electron chi connectivity index (χ2n) is 4.42. The van der Waals surface area contributed by atoms with E-state index in [4.69, 9.17) is 16.3 Å². The van der Waals surface area contributed by atoms with Crippen molar-refractivity contribution in [1.82, 2.24) is 14.9 Å². The zero-order valence-corrected chi connectivity index (χ0v) is 12.2. The van der Waals surface area contributed by atoms with Crippen LogP contribution in [0.4, 0.5) is 4.39 Å². The maximum Gasteiger partial charge on any atom is 0.147 e. The lowest BCUT2D eigenvalue weighted by molar-refractivity contribution is 0.290. The van der Waals surface area contributed by atoms with E-state index in [2.05, 4.69) is 10.3 Å². The number of nitrogens with zero attached hydrogens (tertiary/aromatic N) is 2. The van der Waals surface area contributed by atoms with Crippen molar-refractivity contribution >= 4 is 11.6 Å². The van der Waals surface area contributed by atoms with Gasteiger partial charge in [0.15, 0.2) is 0 Å². The lowest BCUT2D eigenvalue weighted by Gasteiger charge is -2.09. The molecule has 0 radical (unpaired) electrons. The third kappa shape index (κ3) is 3.71. The molecule has 108 valence electrons. The van der Waals surface area contributed by atoms with E-state index >= 15 is 0 Å². The monoisotopic (exact) mass is 297 g/mol. The quantitative estimate of drug-likeness (QED) is 0.891. The predicted octanol–water partition coefficient (Wildman–Crippen LogP) is 2.90. The molecule has 0 saturated carbocycles. The average Bonchev–Trinajstić information content (AvgIpc) is 2.74. The second kappa shape index (κ2) is 6.72. The largest absolute Gasteiger partial charge is 0.486 e. The Labute approximate surface area is 122 Å². The summed E-state index contributed by atoms with van der Waals surface area (Å²) >= 11 is 5.90. The Morgan fingerprint density at radius 2 is 2.20 bits per heavy atom. The van der Waals surface area contributed by atoms with Gasteiger partial charge in [0.25, 0.3) is 0 Å². The summed E-state index contributed by atoms with van der Waals surface area (Å²) in [5.74, 6) is 0.859. The molecule has 0 aliphatic carbocycles. The summed E-state index contributed by atoms with van der Waals surface area (Å²) in [6.45, 7) is 3.69. The van der Waals surface area contributed by atoms with E-state index in [0.717, 1.165) is 12.1 Å². The van der Waals surface area contributed by atoms with E-state index in [1.54, 1.807) is 17.8 Å². The summed E-state index contributed by atoms with van der Waals surface area (Å²) in [7, 11) is 1.80. The van der Waals surface area contributed by atoms with Gasteiger partial charge in [-0.1, -0.05) is 18.5 Å². The molecule has 0 fully saturated rings. The Morgan fingerprint density at radius 3 is 2.85 bits per heavy atom. The summed E-state index contributed by atoms with van der Waals surface area (Å²) < 4.78 is 20.8. The van der Waals surface area contributed by atoms with Gasteiger partial charge in [0.2, 0.25) is 0 Å². The molecule has 0 saturated heterocycles. The van der Waals surface area contributed by atoms with Crippen LogP contribution in [0.2, 0.25) is 5.15 Å². The van der Waals surface area contributed by atoms with Crippen LogP contribution < -0.4 is 10.1 Å². The highest BCUT2D eigenvalue weighted by Gasteiger charge is 2.07. The first-order chi connectivity index (χ1) is 9.60. The number of aromatic nitrogens is 2. The molecule has 1 N–H and O–H groups in total. The Balaban J connectivity index is 2.05. The van der Waals surface area contributed by atoms with Crippen LogP contribution in [0.25, 0.3) is 0 Å². The summed E-state index contributed by atoms with van der Waals surface area (Å²) in [6, 6.07) is 4.67. The molecule has 0 unspecified atom stereocenters. The van der Waals surface area contributed by atoms with Gasteiger partial charge >= 0.3 is 0 Å². The van der Waals surface area contributed by atoms with E-state index in [0.29, 0.717) is 23.3 Å². The molecule has 1 aromatic heterocycles. The molecule has 0 atom stereocenters. The van der Waals surface area contributed by atoms with E-state index < -0.39 is 0 Å². The van der Waals surface area contributed by atoms with E-state index in [-0.39, 0.29) is 12.4 Å². The zero-order chi connectivity index (χ0) is 14.5. The van der Waals surface area contributed by atoms with Crippen LogP contribution in [0.3, 0.4) is 0 Å². The van der Waals surface area contributed by atoms with Crippen molar-refractivity contribution in [3.63, 3.8) is 0 Å². The summed E-state index contributed by atoms with van der Waals surface area (Å²) in [5.41, 5.74) is 0.847. The minimum absolute atomic E-state index is 0.243. The van der Waals surface area contributed by atoms with Gasteiger partial charge in [-0.3, -0.25) is 0 Å². The minimum Gasteiger partial charge on any atom is -0.486 e. The fraction of sp³-hybridized carbons (Fsp3) is 0.357. The Hall–Kier alpha value is -1.59. The van der Waals surface area contributed by atoms with Gasteiger partial charge in [0, 0.05) is 19.7 Å². The van der Waals surface area contributed by atoms with Crippen LogP contribution in [-0.4, -0.2) is 16.1 Å². The molecule has 2 aromatic rings. The normalized spacial score (nSPS) is 10.8. The van der Waals surface area contributed by atoms with E-state index in [1.807, 2.05) is 13.0 Å². The SMILES string of the molecule is CCNCc1cc(F)cc(OCc2ncc(Cl)n2C)c1. The van der Waals surface area contributed by atoms with Crippen molar-refractivity contribution in [2.75, 3.05) is 6.54 Å². The van der Waals surface area contributed by atoms with Crippen molar-refractivity contribution < 1.29 is 9.13 Å². The maximum atomic E-state index is 13.5. The van der Waals surface area contributed by atoms with Crippen LogP contribution in [0.1, 0.15) is 18.3 Å². The number of benzene rings is 1. The zero-order valence-electron chi connectivity index (χ0n) is 11.5. The van der Waals surface area contributed by atoms with Gasteiger partial charge in [-0.05, 0) is 24.2 Å². The minimum atomic E-state index is -0.312.